The Morgan fingerprint density at radius 3 is 2.90 bits per heavy atom. The fraction of sp³-hybridized carbons (Fsp3) is 0.429. The molecule has 0 radical (unpaired) electrons. The van der Waals surface area contributed by atoms with Crippen LogP contribution in [0.2, 0.25) is 5.15 Å². The molecule has 1 aliphatic heterocycles. The van der Waals surface area contributed by atoms with Crippen LogP contribution in [-0.4, -0.2) is 36.6 Å². The highest BCUT2D eigenvalue weighted by Gasteiger charge is 2.17. The minimum absolute atomic E-state index is 0.0308. The van der Waals surface area contributed by atoms with E-state index in [1.165, 1.54) is 6.20 Å². The van der Waals surface area contributed by atoms with E-state index >= 15 is 0 Å². The summed E-state index contributed by atoms with van der Waals surface area (Å²) in [4.78, 5) is 8.48. The standard InChI is InChI=1S/C14H18ClN3O2/c1-9(2)20-13-3-14(15)18-6-12(13)10(4-16)5-17-11-7-19-8-11/h3-6,9,11H,7-8,16H2,1-2H3/b10-4+,17-5?. The van der Waals surface area contributed by atoms with Crippen LogP contribution in [0.4, 0.5) is 0 Å². The Labute approximate surface area is 123 Å². The quantitative estimate of drug-likeness (QED) is 0.668. The molecule has 0 spiro atoms. The van der Waals surface area contributed by atoms with Gasteiger partial charge >= 0.3 is 0 Å². The van der Waals surface area contributed by atoms with Gasteiger partial charge in [-0.05, 0) is 13.8 Å². The fourth-order valence-corrected chi connectivity index (χ4v) is 1.83. The molecule has 0 aliphatic carbocycles. The number of pyridine rings is 1. The predicted octanol–water partition coefficient (Wildman–Crippen LogP) is 2.29. The van der Waals surface area contributed by atoms with Crippen LogP contribution in [0, 0.1) is 0 Å². The lowest BCUT2D eigenvalue weighted by Gasteiger charge is -2.21. The summed E-state index contributed by atoms with van der Waals surface area (Å²) in [5.41, 5.74) is 7.21. The number of aromatic nitrogens is 1. The van der Waals surface area contributed by atoms with E-state index in [1.807, 2.05) is 13.8 Å². The van der Waals surface area contributed by atoms with E-state index in [9.17, 15) is 0 Å². The third-order valence-corrected chi connectivity index (χ3v) is 2.94. The first-order valence-electron chi connectivity index (χ1n) is 6.45. The SMILES string of the molecule is CC(C)Oc1cc(Cl)ncc1/C(C=NC1COC1)=C/N. The maximum atomic E-state index is 5.92. The smallest absolute Gasteiger partial charge is 0.132 e. The zero-order chi connectivity index (χ0) is 14.5. The maximum absolute atomic E-state index is 5.92. The highest BCUT2D eigenvalue weighted by Crippen LogP contribution is 2.27. The molecule has 20 heavy (non-hydrogen) atoms. The van der Waals surface area contributed by atoms with Gasteiger partial charge in [0.15, 0.2) is 0 Å². The lowest BCUT2D eigenvalue weighted by molar-refractivity contribution is 0.0136. The molecular formula is C14H18ClN3O2. The second-order valence-corrected chi connectivity index (χ2v) is 5.15. The molecule has 0 saturated carbocycles. The van der Waals surface area contributed by atoms with Crippen molar-refractivity contribution in [3.63, 3.8) is 0 Å². The number of halogens is 1. The molecule has 1 fully saturated rings. The molecule has 1 saturated heterocycles. The molecule has 1 aromatic rings. The highest BCUT2D eigenvalue weighted by molar-refractivity contribution is 6.29. The molecule has 6 heteroatoms. The van der Waals surface area contributed by atoms with E-state index in [1.54, 1.807) is 18.5 Å². The van der Waals surface area contributed by atoms with Gasteiger partial charge < -0.3 is 15.2 Å². The third kappa shape index (κ3) is 3.71. The van der Waals surface area contributed by atoms with E-state index in [0.717, 1.165) is 11.1 Å². The minimum atomic E-state index is 0.0308. The van der Waals surface area contributed by atoms with Gasteiger partial charge in [0.25, 0.3) is 0 Å². The van der Waals surface area contributed by atoms with Crippen molar-refractivity contribution in [1.29, 1.82) is 0 Å². The number of allylic oxidation sites excluding steroid dienone is 1. The van der Waals surface area contributed by atoms with Crippen LogP contribution in [0.5, 0.6) is 5.75 Å². The Bertz CT molecular complexity index is 525. The monoisotopic (exact) mass is 295 g/mol. The first-order chi connectivity index (χ1) is 9.60. The van der Waals surface area contributed by atoms with Gasteiger partial charge in [-0.3, -0.25) is 4.99 Å². The van der Waals surface area contributed by atoms with Crippen molar-refractivity contribution >= 4 is 23.4 Å². The van der Waals surface area contributed by atoms with Crippen molar-refractivity contribution in [2.45, 2.75) is 26.0 Å². The van der Waals surface area contributed by atoms with Gasteiger partial charge in [-0.2, -0.15) is 0 Å². The van der Waals surface area contributed by atoms with Gasteiger partial charge in [-0.25, -0.2) is 4.98 Å². The summed E-state index contributed by atoms with van der Waals surface area (Å²) in [6.45, 7) is 5.21. The van der Waals surface area contributed by atoms with Crippen LogP contribution < -0.4 is 10.5 Å². The number of nitrogens with zero attached hydrogens (tertiary/aromatic N) is 2. The van der Waals surface area contributed by atoms with E-state index in [2.05, 4.69) is 9.98 Å². The average molecular weight is 296 g/mol. The second kappa shape index (κ2) is 6.72. The van der Waals surface area contributed by atoms with Gasteiger partial charge in [0.1, 0.15) is 10.9 Å². The largest absolute Gasteiger partial charge is 0.490 e. The molecule has 0 amide bonds. The van der Waals surface area contributed by atoms with Crippen LogP contribution >= 0.6 is 11.6 Å². The summed E-state index contributed by atoms with van der Waals surface area (Å²) in [5, 5.41) is 0.380. The van der Waals surface area contributed by atoms with Crippen molar-refractivity contribution in [3.05, 3.63) is 29.2 Å². The summed E-state index contributed by atoms with van der Waals surface area (Å²) in [6, 6.07) is 1.89. The molecule has 0 unspecified atom stereocenters. The van der Waals surface area contributed by atoms with Gasteiger partial charge in [-0.15, -0.1) is 0 Å². The van der Waals surface area contributed by atoms with Crippen molar-refractivity contribution in [3.8, 4) is 5.75 Å². The van der Waals surface area contributed by atoms with E-state index in [0.29, 0.717) is 24.1 Å². The van der Waals surface area contributed by atoms with Gasteiger partial charge in [0, 0.05) is 35.8 Å². The number of rotatable bonds is 5. The molecule has 5 nitrogen and oxygen atoms in total. The van der Waals surface area contributed by atoms with Crippen LogP contribution in [0.3, 0.4) is 0 Å². The molecule has 2 N–H and O–H groups in total. The topological polar surface area (TPSA) is 69.7 Å². The van der Waals surface area contributed by atoms with Crippen molar-refractivity contribution in [2.24, 2.45) is 10.7 Å². The van der Waals surface area contributed by atoms with E-state index < -0.39 is 0 Å². The van der Waals surface area contributed by atoms with Crippen molar-refractivity contribution in [2.75, 3.05) is 13.2 Å². The number of hydrogen-bond acceptors (Lipinski definition) is 5. The Balaban J connectivity index is 2.26. The lowest BCUT2D eigenvalue weighted by atomic mass is 10.1. The molecule has 1 aliphatic rings. The minimum Gasteiger partial charge on any atom is -0.490 e. The Morgan fingerprint density at radius 1 is 1.60 bits per heavy atom. The summed E-state index contributed by atoms with van der Waals surface area (Å²) < 4.78 is 10.8. The molecule has 108 valence electrons. The van der Waals surface area contributed by atoms with E-state index in [4.69, 9.17) is 26.8 Å². The molecule has 2 rings (SSSR count). The van der Waals surface area contributed by atoms with Crippen molar-refractivity contribution in [1.82, 2.24) is 4.98 Å². The second-order valence-electron chi connectivity index (χ2n) is 4.76. The highest BCUT2D eigenvalue weighted by atomic mass is 35.5. The summed E-state index contributed by atoms with van der Waals surface area (Å²) >= 11 is 5.92. The zero-order valence-electron chi connectivity index (χ0n) is 11.5. The van der Waals surface area contributed by atoms with Crippen LogP contribution in [0.1, 0.15) is 19.4 Å². The first kappa shape index (κ1) is 14.8. The molecule has 1 aromatic heterocycles. The predicted molar refractivity (Wildman–Crippen MR) is 80.3 cm³/mol. The first-order valence-corrected chi connectivity index (χ1v) is 6.83. The number of nitrogens with two attached hydrogens (primary N) is 1. The lowest BCUT2D eigenvalue weighted by Crippen LogP contribution is -2.31. The summed E-state index contributed by atoms with van der Waals surface area (Å²) in [5.74, 6) is 0.646. The number of hydrogen-bond donors (Lipinski definition) is 1. The average Bonchev–Trinajstić information content (AvgIpc) is 2.33. The molecule has 0 bridgehead atoms. The van der Waals surface area contributed by atoms with Gasteiger partial charge in [0.2, 0.25) is 0 Å². The van der Waals surface area contributed by atoms with Crippen molar-refractivity contribution < 1.29 is 9.47 Å². The molecular weight excluding hydrogens is 278 g/mol. The molecule has 2 heterocycles. The van der Waals surface area contributed by atoms with Gasteiger partial charge in [-0.1, -0.05) is 11.6 Å². The van der Waals surface area contributed by atoms with Crippen LogP contribution in [0.15, 0.2) is 23.5 Å². The van der Waals surface area contributed by atoms with Crippen LogP contribution in [0.25, 0.3) is 5.57 Å². The summed E-state index contributed by atoms with van der Waals surface area (Å²) in [6.07, 6.45) is 4.89. The Kier molecular flexibility index (Phi) is 4.98. The van der Waals surface area contributed by atoms with Gasteiger partial charge in [0.05, 0.1) is 25.4 Å². The molecule has 0 aromatic carbocycles. The maximum Gasteiger partial charge on any atom is 0.132 e. The third-order valence-electron chi connectivity index (χ3n) is 2.73. The Morgan fingerprint density at radius 2 is 2.35 bits per heavy atom. The fourth-order valence-electron chi connectivity index (χ4n) is 1.68. The zero-order valence-corrected chi connectivity index (χ0v) is 12.3. The Hall–Kier alpha value is -1.59. The number of ether oxygens (including phenoxy) is 2. The summed E-state index contributed by atoms with van der Waals surface area (Å²) in [7, 11) is 0. The van der Waals surface area contributed by atoms with E-state index in [-0.39, 0.29) is 12.1 Å². The molecule has 0 atom stereocenters. The van der Waals surface area contributed by atoms with Crippen LogP contribution in [-0.2, 0) is 4.74 Å². The normalized spacial score (nSPS) is 16.7. The number of aliphatic imine (C=N–C) groups is 1.